The second-order valence-corrected chi connectivity index (χ2v) is 7.98. The van der Waals surface area contributed by atoms with Crippen molar-refractivity contribution in [3.05, 3.63) is 101 Å². The van der Waals surface area contributed by atoms with Gasteiger partial charge >= 0.3 is 0 Å². The van der Waals surface area contributed by atoms with Crippen molar-refractivity contribution in [2.75, 3.05) is 5.32 Å². The number of nitrogens with one attached hydrogen (secondary N) is 2. The van der Waals surface area contributed by atoms with Gasteiger partial charge in [0.05, 0.1) is 10.6 Å². The average Bonchev–Trinajstić information content (AvgIpc) is 3.57. The van der Waals surface area contributed by atoms with Crippen LogP contribution in [-0.2, 0) is 4.79 Å². The SMILES string of the molecule is O=C(CC(c1ccccc1)c1ccccc1)Nc1ccc(C(=O)NC2CC2)c(Cl)c1. The maximum atomic E-state index is 12.8. The first kappa shape index (κ1) is 20.2. The lowest BCUT2D eigenvalue weighted by Gasteiger charge is -2.18. The molecule has 4 rings (SSSR count). The lowest BCUT2D eigenvalue weighted by molar-refractivity contribution is -0.116. The van der Waals surface area contributed by atoms with E-state index in [0.29, 0.717) is 22.7 Å². The minimum absolute atomic E-state index is 0.0496. The van der Waals surface area contributed by atoms with Crippen molar-refractivity contribution >= 4 is 29.1 Å². The Morgan fingerprint density at radius 2 is 1.50 bits per heavy atom. The topological polar surface area (TPSA) is 58.2 Å². The normalized spacial score (nSPS) is 13.1. The van der Waals surface area contributed by atoms with E-state index in [4.69, 9.17) is 11.6 Å². The second-order valence-electron chi connectivity index (χ2n) is 7.57. The zero-order chi connectivity index (χ0) is 20.9. The van der Waals surface area contributed by atoms with Crippen LogP contribution in [0.3, 0.4) is 0 Å². The highest BCUT2D eigenvalue weighted by atomic mass is 35.5. The molecule has 3 aromatic rings. The van der Waals surface area contributed by atoms with Crippen molar-refractivity contribution in [1.82, 2.24) is 5.32 Å². The van der Waals surface area contributed by atoms with Crippen LogP contribution in [0.15, 0.2) is 78.9 Å². The molecule has 1 saturated carbocycles. The molecule has 0 saturated heterocycles. The summed E-state index contributed by atoms with van der Waals surface area (Å²) < 4.78 is 0. The molecule has 1 fully saturated rings. The third-order valence-corrected chi connectivity index (χ3v) is 5.52. The molecule has 3 aromatic carbocycles. The van der Waals surface area contributed by atoms with Crippen LogP contribution in [0.4, 0.5) is 5.69 Å². The molecule has 0 heterocycles. The van der Waals surface area contributed by atoms with E-state index in [-0.39, 0.29) is 23.8 Å². The molecule has 0 bridgehead atoms. The zero-order valence-electron chi connectivity index (χ0n) is 16.5. The molecule has 0 radical (unpaired) electrons. The van der Waals surface area contributed by atoms with Crippen LogP contribution in [-0.4, -0.2) is 17.9 Å². The fraction of sp³-hybridized carbons (Fsp3) is 0.200. The summed E-state index contributed by atoms with van der Waals surface area (Å²) in [7, 11) is 0. The quantitative estimate of drug-likeness (QED) is 0.540. The van der Waals surface area contributed by atoms with E-state index in [1.165, 1.54) is 0 Å². The van der Waals surface area contributed by atoms with Crippen LogP contribution < -0.4 is 10.6 Å². The molecule has 0 unspecified atom stereocenters. The lowest BCUT2D eigenvalue weighted by Crippen LogP contribution is -2.25. The Kier molecular flexibility index (Phi) is 6.15. The summed E-state index contributed by atoms with van der Waals surface area (Å²) in [6.45, 7) is 0. The molecule has 5 heteroatoms. The van der Waals surface area contributed by atoms with Gasteiger partial charge in [-0.05, 0) is 42.2 Å². The zero-order valence-corrected chi connectivity index (χ0v) is 17.2. The Balaban J connectivity index is 1.47. The van der Waals surface area contributed by atoms with Crippen LogP contribution in [0, 0.1) is 0 Å². The fourth-order valence-corrected chi connectivity index (χ4v) is 3.73. The van der Waals surface area contributed by atoms with Gasteiger partial charge in [0.15, 0.2) is 0 Å². The van der Waals surface area contributed by atoms with E-state index in [1.54, 1.807) is 18.2 Å². The molecule has 4 nitrogen and oxygen atoms in total. The Hall–Kier alpha value is -3.11. The van der Waals surface area contributed by atoms with E-state index in [2.05, 4.69) is 10.6 Å². The summed E-state index contributed by atoms with van der Waals surface area (Å²) in [4.78, 5) is 25.0. The van der Waals surface area contributed by atoms with Crippen LogP contribution in [0.25, 0.3) is 0 Å². The molecule has 1 aliphatic rings. The molecular formula is C25H23ClN2O2. The molecule has 0 aromatic heterocycles. The number of hydrogen-bond acceptors (Lipinski definition) is 2. The molecule has 0 spiro atoms. The Bertz CT molecular complexity index is 994. The molecule has 2 amide bonds. The predicted molar refractivity (Wildman–Crippen MR) is 120 cm³/mol. The van der Waals surface area contributed by atoms with Crippen molar-refractivity contribution in [1.29, 1.82) is 0 Å². The number of rotatable bonds is 7. The maximum absolute atomic E-state index is 12.8. The minimum Gasteiger partial charge on any atom is -0.349 e. The highest BCUT2D eigenvalue weighted by molar-refractivity contribution is 6.34. The minimum atomic E-state index is -0.173. The largest absolute Gasteiger partial charge is 0.349 e. The summed E-state index contributed by atoms with van der Waals surface area (Å²) in [5.41, 5.74) is 3.17. The molecule has 152 valence electrons. The molecule has 2 N–H and O–H groups in total. The Labute approximate surface area is 181 Å². The number of anilines is 1. The predicted octanol–water partition coefficient (Wildman–Crippen LogP) is 5.39. The van der Waals surface area contributed by atoms with Crippen molar-refractivity contribution in [2.45, 2.75) is 31.2 Å². The molecular weight excluding hydrogens is 396 g/mol. The summed E-state index contributed by atoms with van der Waals surface area (Å²) in [5.74, 6) is -0.334. The van der Waals surface area contributed by atoms with Crippen molar-refractivity contribution < 1.29 is 9.59 Å². The molecule has 0 atom stereocenters. The summed E-state index contributed by atoms with van der Waals surface area (Å²) in [5, 5.41) is 6.17. The van der Waals surface area contributed by atoms with Gasteiger partial charge in [0.1, 0.15) is 0 Å². The van der Waals surface area contributed by atoms with Crippen LogP contribution >= 0.6 is 11.6 Å². The van der Waals surface area contributed by atoms with Gasteiger partial charge in [-0.25, -0.2) is 0 Å². The van der Waals surface area contributed by atoms with Crippen LogP contribution in [0.2, 0.25) is 5.02 Å². The van der Waals surface area contributed by atoms with Gasteiger partial charge in [0, 0.05) is 24.1 Å². The van der Waals surface area contributed by atoms with E-state index < -0.39 is 0 Å². The van der Waals surface area contributed by atoms with E-state index in [0.717, 1.165) is 24.0 Å². The fourth-order valence-electron chi connectivity index (χ4n) is 3.46. The van der Waals surface area contributed by atoms with Crippen LogP contribution in [0.1, 0.15) is 46.7 Å². The van der Waals surface area contributed by atoms with Gasteiger partial charge in [-0.15, -0.1) is 0 Å². The van der Waals surface area contributed by atoms with Gasteiger partial charge in [0.2, 0.25) is 5.91 Å². The summed E-state index contributed by atoms with van der Waals surface area (Å²) >= 11 is 6.30. The van der Waals surface area contributed by atoms with Gasteiger partial charge in [-0.2, -0.15) is 0 Å². The lowest BCUT2D eigenvalue weighted by atomic mass is 9.88. The number of benzene rings is 3. The second kappa shape index (κ2) is 9.14. The van der Waals surface area contributed by atoms with E-state index >= 15 is 0 Å². The number of carbonyl (C=O) groups excluding carboxylic acids is 2. The van der Waals surface area contributed by atoms with Gasteiger partial charge in [0.25, 0.3) is 5.91 Å². The molecule has 1 aliphatic carbocycles. The standard InChI is InChI=1S/C25H23ClN2O2/c26-23-15-20(13-14-21(23)25(30)28-19-11-12-19)27-24(29)16-22(17-7-3-1-4-8-17)18-9-5-2-6-10-18/h1-10,13-15,19,22H,11-12,16H2,(H,27,29)(H,28,30). The average molecular weight is 419 g/mol. The van der Waals surface area contributed by atoms with Crippen molar-refractivity contribution in [2.24, 2.45) is 0 Å². The first-order chi connectivity index (χ1) is 14.6. The van der Waals surface area contributed by atoms with Crippen molar-refractivity contribution in [3.8, 4) is 0 Å². The number of amides is 2. The third kappa shape index (κ3) is 5.08. The van der Waals surface area contributed by atoms with Gasteiger partial charge in [-0.3, -0.25) is 9.59 Å². The van der Waals surface area contributed by atoms with Gasteiger partial charge < -0.3 is 10.6 Å². The molecule has 0 aliphatic heterocycles. The van der Waals surface area contributed by atoms with E-state index in [9.17, 15) is 9.59 Å². The Morgan fingerprint density at radius 1 is 0.900 bits per heavy atom. The molecule has 30 heavy (non-hydrogen) atoms. The highest BCUT2D eigenvalue weighted by Gasteiger charge is 2.25. The highest BCUT2D eigenvalue weighted by Crippen LogP contribution is 2.29. The van der Waals surface area contributed by atoms with Gasteiger partial charge in [-0.1, -0.05) is 72.3 Å². The first-order valence-electron chi connectivity index (χ1n) is 10.1. The number of halogens is 1. The van der Waals surface area contributed by atoms with Crippen molar-refractivity contribution in [3.63, 3.8) is 0 Å². The summed E-state index contributed by atoms with van der Waals surface area (Å²) in [6, 6.07) is 25.3. The van der Waals surface area contributed by atoms with Crippen LogP contribution in [0.5, 0.6) is 0 Å². The monoisotopic (exact) mass is 418 g/mol. The third-order valence-electron chi connectivity index (χ3n) is 5.20. The number of carbonyl (C=O) groups is 2. The van der Waals surface area contributed by atoms with E-state index in [1.807, 2.05) is 60.7 Å². The smallest absolute Gasteiger partial charge is 0.253 e. The first-order valence-corrected chi connectivity index (χ1v) is 10.5. The Morgan fingerprint density at radius 3 is 2.03 bits per heavy atom. The summed E-state index contributed by atoms with van der Waals surface area (Å²) in [6.07, 6.45) is 2.33. The number of hydrogen-bond donors (Lipinski definition) is 2. The maximum Gasteiger partial charge on any atom is 0.253 e.